The second-order valence-corrected chi connectivity index (χ2v) is 6.07. The molecule has 0 unspecified atom stereocenters. The average molecular weight is 336 g/mol. The minimum Gasteiger partial charge on any atom is -0.506 e. The lowest BCUT2D eigenvalue weighted by Gasteiger charge is -2.14. The fourth-order valence-electron chi connectivity index (χ4n) is 2.98. The Morgan fingerprint density at radius 2 is 1.92 bits per heavy atom. The summed E-state index contributed by atoms with van der Waals surface area (Å²) in [5.74, 6) is 1.36. The Kier molecular flexibility index (Phi) is 4.35. The number of anilines is 3. The Morgan fingerprint density at radius 3 is 2.76 bits per heavy atom. The van der Waals surface area contributed by atoms with E-state index in [1.807, 2.05) is 30.3 Å². The first-order valence-corrected chi connectivity index (χ1v) is 8.47. The van der Waals surface area contributed by atoms with Crippen LogP contribution in [0.5, 0.6) is 5.75 Å². The number of aromatic nitrogens is 2. The molecule has 1 aliphatic heterocycles. The van der Waals surface area contributed by atoms with Crippen molar-refractivity contribution in [3.8, 4) is 5.75 Å². The summed E-state index contributed by atoms with van der Waals surface area (Å²) in [6.45, 7) is 1.55. The maximum Gasteiger partial charge on any atom is 0.229 e. The van der Waals surface area contributed by atoms with E-state index < -0.39 is 0 Å². The second kappa shape index (κ2) is 6.94. The van der Waals surface area contributed by atoms with Crippen LogP contribution in [0.1, 0.15) is 12.8 Å². The van der Waals surface area contributed by atoms with Gasteiger partial charge in [-0.05, 0) is 37.1 Å². The van der Waals surface area contributed by atoms with Crippen LogP contribution in [0.3, 0.4) is 0 Å². The number of hydrogen-bond donors (Lipinski definition) is 3. The van der Waals surface area contributed by atoms with Gasteiger partial charge in [-0.25, -0.2) is 4.98 Å². The number of rotatable bonds is 5. The molecule has 128 valence electrons. The Balaban J connectivity index is 1.64. The molecular weight excluding hydrogens is 316 g/mol. The third-order valence-electron chi connectivity index (χ3n) is 4.27. The standard InChI is InChI=1S/C19H20N4O2/c24-17-10-4-3-9-16(17)22-19-21-15-8-2-1-7-14(15)18(23-19)20-12-13-6-5-11-25-13/h1-4,7-10,13,24H,5-6,11-12H2,(H2,20,21,22,23)/t13-/m1/s1. The average Bonchev–Trinajstić information content (AvgIpc) is 3.15. The normalized spacial score (nSPS) is 16.9. The summed E-state index contributed by atoms with van der Waals surface area (Å²) in [6.07, 6.45) is 2.40. The molecule has 6 nitrogen and oxygen atoms in total. The number of para-hydroxylation sites is 3. The van der Waals surface area contributed by atoms with Crippen molar-refractivity contribution in [2.24, 2.45) is 0 Å². The number of nitrogens with one attached hydrogen (secondary N) is 2. The third kappa shape index (κ3) is 3.49. The van der Waals surface area contributed by atoms with Gasteiger partial charge in [0.15, 0.2) is 0 Å². The van der Waals surface area contributed by atoms with Crippen molar-refractivity contribution in [1.29, 1.82) is 0 Å². The molecule has 1 atom stereocenters. The first-order valence-electron chi connectivity index (χ1n) is 8.47. The number of aromatic hydroxyl groups is 1. The Labute approximate surface area is 145 Å². The van der Waals surface area contributed by atoms with Crippen LogP contribution in [-0.4, -0.2) is 34.3 Å². The fraction of sp³-hybridized carbons (Fsp3) is 0.263. The van der Waals surface area contributed by atoms with Crippen molar-refractivity contribution in [3.05, 3.63) is 48.5 Å². The van der Waals surface area contributed by atoms with Gasteiger partial charge in [0.05, 0.1) is 17.3 Å². The molecule has 3 aromatic rings. The van der Waals surface area contributed by atoms with Crippen molar-refractivity contribution >= 4 is 28.4 Å². The molecule has 0 spiro atoms. The SMILES string of the molecule is Oc1ccccc1Nc1nc(NC[C@H]2CCCO2)c2ccccc2n1. The molecule has 0 amide bonds. The maximum atomic E-state index is 9.95. The van der Waals surface area contributed by atoms with Crippen LogP contribution in [0.25, 0.3) is 10.9 Å². The topological polar surface area (TPSA) is 79.3 Å². The molecule has 3 N–H and O–H groups in total. The number of ether oxygens (including phenoxy) is 1. The van der Waals surface area contributed by atoms with Crippen LogP contribution >= 0.6 is 0 Å². The molecule has 25 heavy (non-hydrogen) atoms. The summed E-state index contributed by atoms with van der Waals surface area (Å²) < 4.78 is 5.67. The second-order valence-electron chi connectivity index (χ2n) is 6.07. The van der Waals surface area contributed by atoms with Gasteiger partial charge in [-0.1, -0.05) is 24.3 Å². The van der Waals surface area contributed by atoms with E-state index >= 15 is 0 Å². The molecule has 1 fully saturated rings. The van der Waals surface area contributed by atoms with Gasteiger partial charge in [0.2, 0.25) is 5.95 Å². The zero-order valence-electron chi connectivity index (χ0n) is 13.8. The van der Waals surface area contributed by atoms with Crippen molar-refractivity contribution in [1.82, 2.24) is 9.97 Å². The molecule has 4 rings (SSSR count). The number of fused-ring (bicyclic) bond motifs is 1. The highest BCUT2D eigenvalue weighted by Gasteiger charge is 2.16. The van der Waals surface area contributed by atoms with Gasteiger partial charge in [0.25, 0.3) is 0 Å². The number of phenolic OH excluding ortho intramolecular Hbond substituents is 1. The van der Waals surface area contributed by atoms with E-state index in [9.17, 15) is 5.11 Å². The van der Waals surface area contributed by atoms with Gasteiger partial charge in [-0.15, -0.1) is 0 Å². The number of nitrogens with zero attached hydrogens (tertiary/aromatic N) is 2. The number of phenols is 1. The summed E-state index contributed by atoms with van der Waals surface area (Å²) in [6, 6.07) is 14.9. The molecule has 0 radical (unpaired) electrons. The van der Waals surface area contributed by atoms with Gasteiger partial charge in [-0.3, -0.25) is 0 Å². The Morgan fingerprint density at radius 1 is 1.08 bits per heavy atom. The summed E-state index contributed by atoms with van der Waals surface area (Å²) >= 11 is 0. The molecule has 0 bridgehead atoms. The smallest absolute Gasteiger partial charge is 0.229 e. The van der Waals surface area contributed by atoms with E-state index in [-0.39, 0.29) is 11.9 Å². The van der Waals surface area contributed by atoms with Crippen LogP contribution in [0.4, 0.5) is 17.5 Å². The molecule has 1 saturated heterocycles. The van der Waals surface area contributed by atoms with Gasteiger partial charge < -0.3 is 20.5 Å². The van der Waals surface area contributed by atoms with Crippen LogP contribution in [0.15, 0.2) is 48.5 Å². The predicted octanol–water partition coefficient (Wildman–Crippen LogP) is 3.67. The van der Waals surface area contributed by atoms with Gasteiger partial charge in [0, 0.05) is 18.5 Å². The first-order chi connectivity index (χ1) is 12.3. The zero-order valence-corrected chi connectivity index (χ0v) is 13.8. The maximum absolute atomic E-state index is 9.95. The van der Waals surface area contributed by atoms with Crippen molar-refractivity contribution in [3.63, 3.8) is 0 Å². The largest absolute Gasteiger partial charge is 0.506 e. The molecule has 2 heterocycles. The van der Waals surface area contributed by atoms with Crippen LogP contribution in [-0.2, 0) is 4.74 Å². The van der Waals surface area contributed by atoms with E-state index in [1.165, 1.54) is 0 Å². The van der Waals surface area contributed by atoms with Gasteiger partial charge in [-0.2, -0.15) is 4.98 Å². The van der Waals surface area contributed by atoms with Crippen LogP contribution < -0.4 is 10.6 Å². The molecule has 2 aromatic carbocycles. The van der Waals surface area contributed by atoms with E-state index in [4.69, 9.17) is 4.74 Å². The first kappa shape index (κ1) is 15.7. The Hall–Kier alpha value is -2.86. The zero-order chi connectivity index (χ0) is 17.1. The summed E-state index contributed by atoms with van der Waals surface area (Å²) in [5.41, 5.74) is 1.41. The molecular formula is C19H20N4O2. The van der Waals surface area contributed by atoms with Crippen LogP contribution in [0.2, 0.25) is 0 Å². The Bertz CT molecular complexity index is 878. The summed E-state index contributed by atoms with van der Waals surface area (Å²) in [5, 5.41) is 17.4. The molecule has 1 aliphatic rings. The van der Waals surface area contributed by atoms with Gasteiger partial charge in [0.1, 0.15) is 11.6 Å². The lowest BCUT2D eigenvalue weighted by Crippen LogP contribution is -2.19. The highest BCUT2D eigenvalue weighted by Crippen LogP contribution is 2.27. The molecule has 6 heteroatoms. The van der Waals surface area contributed by atoms with E-state index in [0.717, 1.165) is 42.7 Å². The highest BCUT2D eigenvalue weighted by atomic mass is 16.5. The minimum absolute atomic E-state index is 0.160. The minimum atomic E-state index is 0.160. The van der Waals surface area contributed by atoms with E-state index in [1.54, 1.807) is 18.2 Å². The molecule has 0 aliphatic carbocycles. The van der Waals surface area contributed by atoms with Crippen LogP contribution in [0, 0.1) is 0 Å². The third-order valence-corrected chi connectivity index (χ3v) is 4.27. The lowest BCUT2D eigenvalue weighted by atomic mass is 10.2. The quantitative estimate of drug-likeness (QED) is 0.617. The fourth-order valence-corrected chi connectivity index (χ4v) is 2.98. The van der Waals surface area contributed by atoms with E-state index in [2.05, 4.69) is 20.6 Å². The summed E-state index contributed by atoms with van der Waals surface area (Å²) in [7, 11) is 0. The van der Waals surface area contributed by atoms with E-state index in [0.29, 0.717) is 11.6 Å². The lowest BCUT2D eigenvalue weighted by molar-refractivity contribution is 0.120. The highest BCUT2D eigenvalue weighted by molar-refractivity contribution is 5.90. The van der Waals surface area contributed by atoms with Crippen molar-refractivity contribution in [2.45, 2.75) is 18.9 Å². The van der Waals surface area contributed by atoms with Gasteiger partial charge >= 0.3 is 0 Å². The number of hydrogen-bond acceptors (Lipinski definition) is 6. The summed E-state index contributed by atoms with van der Waals surface area (Å²) in [4.78, 5) is 9.15. The monoisotopic (exact) mass is 336 g/mol. The molecule has 1 aromatic heterocycles. The van der Waals surface area contributed by atoms with Crippen molar-refractivity contribution < 1.29 is 9.84 Å². The predicted molar refractivity (Wildman–Crippen MR) is 98.4 cm³/mol. The van der Waals surface area contributed by atoms with Crippen molar-refractivity contribution in [2.75, 3.05) is 23.8 Å². The number of benzene rings is 2. The molecule has 0 saturated carbocycles.